The van der Waals surface area contributed by atoms with Gasteiger partial charge < -0.3 is 19.5 Å². The number of carbonyl (C=O) groups excluding carboxylic acids is 1. The molecule has 0 saturated heterocycles. The predicted octanol–water partition coefficient (Wildman–Crippen LogP) is 5.15. The van der Waals surface area contributed by atoms with Crippen molar-refractivity contribution < 1.29 is 28.6 Å². The quantitative estimate of drug-likeness (QED) is 0.113. The molecule has 0 aliphatic rings. The number of rotatable bonds is 10. The van der Waals surface area contributed by atoms with Crippen LogP contribution in [0.4, 0.5) is 15.9 Å². The minimum absolute atomic E-state index is 0.00992. The summed E-state index contributed by atoms with van der Waals surface area (Å²) < 4.78 is 30.6. The Bertz CT molecular complexity index is 1450. The van der Waals surface area contributed by atoms with Gasteiger partial charge in [-0.2, -0.15) is 0 Å². The van der Waals surface area contributed by atoms with Crippen LogP contribution in [0.25, 0.3) is 16.5 Å². The zero-order valence-corrected chi connectivity index (χ0v) is 20.4. The standard InChI is InChI=1S/C26H22ClFN4O5/c1-15(26(33)32-34)16-3-6-18(7-4-16)36-9-10-37-24-12-19-22(13-23(24)35-2)29-14-30-25(19)31-17-5-8-21(28)20(27)11-17/h3-8,11-14,34H,1,9-10H2,2H3,(H,32,33)(H,29,30,31). The SMILES string of the molecule is C=C(C(=O)NO)c1ccc(OCCOc2cc3c(Nc4ccc(F)c(Cl)c4)ncnc3cc2OC)cc1. The fraction of sp³-hybridized carbons (Fsp3) is 0.115. The van der Waals surface area contributed by atoms with E-state index in [9.17, 15) is 9.18 Å². The van der Waals surface area contributed by atoms with Gasteiger partial charge in [0.05, 0.1) is 17.6 Å². The maximum Gasteiger partial charge on any atom is 0.274 e. The Labute approximate surface area is 216 Å². The Hall–Kier alpha value is -4.41. The molecule has 1 aromatic heterocycles. The second kappa shape index (κ2) is 11.5. The van der Waals surface area contributed by atoms with Crippen LogP contribution in [0, 0.1) is 5.82 Å². The van der Waals surface area contributed by atoms with Gasteiger partial charge in [0.1, 0.15) is 36.9 Å². The van der Waals surface area contributed by atoms with Crippen LogP contribution in [0.15, 0.2) is 67.5 Å². The number of hydrogen-bond acceptors (Lipinski definition) is 8. The number of ether oxygens (including phenoxy) is 3. The molecule has 0 unspecified atom stereocenters. The Morgan fingerprint density at radius 1 is 1.05 bits per heavy atom. The molecule has 1 amide bonds. The summed E-state index contributed by atoms with van der Waals surface area (Å²) in [5.74, 6) is 0.776. The summed E-state index contributed by atoms with van der Waals surface area (Å²) in [5.41, 5.74) is 3.39. The molecule has 4 aromatic rings. The molecule has 0 atom stereocenters. The molecular weight excluding hydrogens is 503 g/mol. The van der Waals surface area contributed by atoms with E-state index in [2.05, 4.69) is 21.9 Å². The van der Waals surface area contributed by atoms with Gasteiger partial charge in [-0.15, -0.1) is 0 Å². The van der Waals surface area contributed by atoms with Crippen molar-refractivity contribution in [2.24, 2.45) is 0 Å². The van der Waals surface area contributed by atoms with Crippen molar-refractivity contribution in [3.8, 4) is 17.2 Å². The van der Waals surface area contributed by atoms with E-state index in [-0.39, 0.29) is 23.8 Å². The summed E-state index contributed by atoms with van der Waals surface area (Å²) in [7, 11) is 1.53. The number of halogens is 2. The molecule has 9 nitrogen and oxygen atoms in total. The number of aromatic nitrogens is 2. The van der Waals surface area contributed by atoms with E-state index in [1.54, 1.807) is 47.9 Å². The second-order valence-electron chi connectivity index (χ2n) is 7.64. The van der Waals surface area contributed by atoms with Crippen molar-refractivity contribution in [2.75, 3.05) is 25.6 Å². The maximum atomic E-state index is 13.5. The lowest BCUT2D eigenvalue weighted by Crippen LogP contribution is -2.19. The molecule has 3 N–H and O–H groups in total. The van der Waals surface area contributed by atoms with Crippen molar-refractivity contribution in [2.45, 2.75) is 0 Å². The number of hydroxylamine groups is 1. The van der Waals surface area contributed by atoms with E-state index in [1.807, 2.05) is 0 Å². The van der Waals surface area contributed by atoms with E-state index in [1.165, 1.54) is 25.6 Å². The van der Waals surface area contributed by atoms with E-state index < -0.39 is 11.7 Å². The lowest BCUT2D eigenvalue weighted by Gasteiger charge is -2.14. The summed E-state index contributed by atoms with van der Waals surface area (Å²) in [5, 5.41) is 12.5. The van der Waals surface area contributed by atoms with Gasteiger partial charge in [0.25, 0.3) is 5.91 Å². The molecule has 37 heavy (non-hydrogen) atoms. The average Bonchev–Trinajstić information content (AvgIpc) is 2.92. The average molecular weight is 525 g/mol. The maximum absolute atomic E-state index is 13.5. The minimum atomic E-state index is -0.684. The van der Waals surface area contributed by atoms with Gasteiger partial charge in [-0.05, 0) is 42.0 Å². The molecule has 190 valence electrons. The molecule has 0 aliphatic heterocycles. The highest BCUT2D eigenvalue weighted by molar-refractivity contribution is 6.31. The van der Waals surface area contributed by atoms with Crippen LogP contribution in [0.2, 0.25) is 5.02 Å². The fourth-order valence-electron chi connectivity index (χ4n) is 3.41. The van der Waals surface area contributed by atoms with Crippen LogP contribution in [-0.4, -0.2) is 41.4 Å². The monoisotopic (exact) mass is 524 g/mol. The number of anilines is 2. The van der Waals surface area contributed by atoms with Crippen molar-refractivity contribution in [3.63, 3.8) is 0 Å². The second-order valence-corrected chi connectivity index (χ2v) is 8.04. The third-order valence-corrected chi connectivity index (χ3v) is 5.58. The molecule has 0 aliphatic carbocycles. The first-order valence-electron chi connectivity index (χ1n) is 10.9. The minimum Gasteiger partial charge on any atom is -0.493 e. The number of carbonyl (C=O) groups is 1. The zero-order valence-electron chi connectivity index (χ0n) is 19.6. The van der Waals surface area contributed by atoms with Crippen LogP contribution < -0.4 is 25.0 Å². The number of amides is 1. The molecular formula is C26H22ClFN4O5. The first kappa shape index (κ1) is 25.7. The summed E-state index contributed by atoms with van der Waals surface area (Å²) in [6, 6.07) is 14.4. The highest BCUT2D eigenvalue weighted by atomic mass is 35.5. The topological polar surface area (TPSA) is 115 Å². The van der Waals surface area contributed by atoms with Crippen molar-refractivity contribution in [3.05, 3.63) is 83.9 Å². The highest BCUT2D eigenvalue weighted by Gasteiger charge is 2.13. The lowest BCUT2D eigenvalue weighted by molar-refractivity contribution is -0.123. The van der Waals surface area contributed by atoms with Crippen LogP contribution >= 0.6 is 11.6 Å². The Morgan fingerprint density at radius 2 is 1.81 bits per heavy atom. The fourth-order valence-corrected chi connectivity index (χ4v) is 3.59. The molecule has 11 heteroatoms. The third-order valence-electron chi connectivity index (χ3n) is 5.29. The largest absolute Gasteiger partial charge is 0.493 e. The van der Waals surface area contributed by atoms with Crippen LogP contribution in [0.5, 0.6) is 17.2 Å². The summed E-state index contributed by atoms with van der Waals surface area (Å²) in [6.07, 6.45) is 1.40. The van der Waals surface area contributed by atoms with Crippen LogP contribution in [0.1, 0.15) is 5.56 Å². The van der Waals surface area contributed by atoms with Gasteiger partial charge >= 0.3 is 0 Å². The van der Waals surface area contributed by atoms with Crippen molar-refractivity contribution in [1.29, 1.82) is 0 Å². The molecule has 0 radical (unpaired) electrons. The number of fused-ring (bicyclic) bond motifs is 1. The molecule has 0 saturated carbocycles. The zero-order chi connectivity index (χ0) is 26.4. The smallest absolute Gasteiger partial charge is 0.274 e. The number of methoxy groups -OCH3 is 1. The lowest BCUT2D eigenvalue weighted by atomic mass is 10.1. The van der Waals surface area contributed by atoms with Gasteiger partial charge in [0, 0.05) is 22.7 Å². The molecule has 0 bridgehead atoms. The Kier molecular flexibility index (Phi) is 8.02. The molecule has 0 spiro atoms. The normalized spacial score (nSPS) is 10.6. The summed E-state index contributed by atoms with van der Waals surface area (Å²) >= 11 is 5.89. The van der Waals surface area contributed by atoms with Crippen LogP contribution in [-0.2, 0) is 4.79 Å². The highest BCUT2D eigenvalue weighted by Crippen LogP contribution is 2.35. The van der Waals surface area contributed by atoms with Gasteiger partial charge in [-0.1, -0.05) is 30.3 Å². The number of nitrogens with one attached hydrogen (secondary N) is 2. The van der Waals surface area contributed by atoms with Crippen molar-refractivity contribution >= 4 is 45.5 Å². The van der Waals surface area contributed by atoms with E-state index in [4.69, 9.17) is 31.0 Å². The van der Waals surface area contributed by atoms with Crippen molar-refractivity contribution in [1.82, 2.24) is 15.4 Å². The number of benzene rings is 3. The number of hydrogen-bond donors (Lipinski definition) is 3. The number of nitrogens with zero attached hydrogens (tertiary/aromatic N) is 2. The third kappa shape index (κ3) is 6.05. The van der Waals surface area contributed by atoms with Crippen LogP contribution in [0.3, 0.4) is 0 Å². The first-order chi connectivity index (χ1) is 17.9. The predicted molar refractivity (Wildman–Crippen MR) is 137 cm³/mol. The summed E-state index contributed by atoms with van der Waals surface area (Å²) in [6.45, 7) is 4.06. The Balaban J connectivity index is 1.44. The van der Waals surface area contributed by atoms with E-state index in [0.717, 1.165) is 0 Å². The molecule has 0 fully saturated rings. The first-order valence-corrected chi connectivity index (χ1v) is 11.3. The Morgan fingerprint density at radius 3 is 2.51 bits per heavy atom. The van der Waals surface area contributed by atoms with Gasteiger partial charge in [0.2, 0.25) is 0 Å². The van der Waals surface area contributed by atoms with Gasteiger partial charge in [-0.25, -0.2) is 19.8 Å². The summed E-state index contributed by atoms with van der Waals surface area (Å²) in [4.78, 5) is 20.1. The van der Waals surface area contributed by atoms with Gasteiger partial charge in [0.15, 0.2) is 11.5 Å². The van der Waals surface area contributed by atoms with E-state index >= 15 is 0 Å². The molecule has 1 heterocycles. The van der Waals surface area contributed by atoms with Gasteiger partial charge in [-0.3, -0.25) is 10.0 Å². The van der Waals surface area contributed by atoms with E-state index in [0.29, 0.717) is 45.2 Å². The molecule has 4 rings (SSSR count). The molecule has 3 aromatic carbocycles.